The quantitative estimate of drug-likeness (QED) is 0.732. The molecule has 0 aliphatic carbocycles. The van der Waals surface area contributed by atoms with Gasteiger partial charge in [0.05, 0.1) is 30.7 Å². The minimum Gasteiger partial charge on any atom is -0.493 e. The standard InChI is InChI=1S/C22H21NO5/c1-12(2)11-27-16-9-8-13(10-17(16)26-3)19-18-20(24)14-6-4-5-7-15(14)28-21(18)22(25)23-19/h4-10,12,19H,11H2,1-3H3,(H,23,25). The maximum atomic E-state index is 13.0. The summed E-state index contributed by atoms with van der Waals surface area (Å²) < 4.78 is 17.0. The lowest BCUT2D eigenvalue weighted by atomic mass is 9.99. The van der Waals surface area contributed by atoms with E-state index in [-0.39, 0.29) is 11.2 Å². The van der Waals surface area contributed by atoms with Crippen LogP contribution in [0, 0.1) is 5.92 Å². The van der Waals surface area contributed by atoms with Crippen molar-refractivity contribution in [1.82, 2.24) is 5.32 Å². The summed E-state index contributed by atoms with van der Waals surface area (Å²) in [5.41, 5.74) is 1.24. The van der Waals surface area contributed by atoms with E-state index in [2.05, 4.69) is 19.2 Å². The van der Waals surface area contributed by atoms with Crippen LogP contribution >= 0.6 is 0 Å². The van der Waals surface area contributed by atoms with Crippen molar-refractivity contribution in [3.05, 3.63) is 69.6 Å². The summed E-state index contributed by atoms with van der Waals surface area (Å²) >= 11 is 0. The van der Waals surface area contributed by atoms with E-state index in [0.29, 0.717) is 40.6 Å². The SMILES string of the molecule is COc1cc(C2NC(=O)c3oc4ccccc4c(=O)c32)ccc1OCC(C)C. The highest BCUT2D eigenvalue weighted by Crippen LogP contribution is 2.36. The van der Waals surface area contributed by atoms with E-state index in [0.717, 1.165) is 5.56 Å². The summed E-state index contributed by atoms with van der Waals surface area (Å²) in [5, 5.41) is 3.29. The van der Waals surface area contributed by atoms with Crippen LogP contribution in [-0.4, -0.2) is 19.6 Å². The number of hydrogen-bond acceptors (Lipinski definition) is 5. The lowest BCUT2D eigenvalue weighted by molar-refractivity contribution is 0.0938. The number of benzene rings is 2. The molecule has 6 heteroatoms. The summed E-state index contributed by atoms with van der Waals surface area (Å²) in [5.74, 6) is 1.21. The van der Waals surface area contributed by atoms with Crippen molar-refractivity contribution in [3.63, 3.8) is 0 Å². The van der Waals surface area contributed by atoms with Gasteiger partial charge in [0.15, 0.2) is 16.9 Å². The van der Waals surface area contributed by atoms with E-state index in [9.17, 15) is 9.59 Å². The first-order valence-electron chi connectivity index (χ1n) is 9.17. The largest absolute Gasteiger partial charge is 0.493 e. The van der Waals surface area contributed by atoms with Crippen molar-refractivity contribution in [3.8, 4) is 11.5 Å². The van der Waals surface area contributed by atoms with Gasteiger partial charge in [0.1, 0.15) is 5.58 Å². The van der Waals surface area contributed by atoms with Gasteiger partial charge in [-0.1, -0.05) is 32.0 Å². The first-order valence-corrected chi connectivity index (χ1v) is 9.17. The van der Waals surface area contributed by atoms with E-state index < -0.39 is 11.9 Å². The molecule has 144 valence electrons. The van der Waals surface area contributed by atoms with Crippen LogP contribution in [0.5, 0.6) is 11.5 Å². The molecule has 0 spiro atoms. The Morgan fingerprint density at radius 3 is 2.64 bits per heavy atom. The smallest absolute Gasteiger partial charge is 0.288 e. The van der Waals surface area contributed by atoms with E-state index in [1.54, 1.807) is 43.5 Å². The molecule has 0 radical (unpaired) electrons. The number of methoxy groups -OCH3 is 1. The number of carbonyl (C=O) groups is 1. The Balaban J connectivity index is 1.79. The Morgan fingerprint density at radius 2 is 1.89 bits per heavy atom. The average molecular weight is 379 g/mol. The topological polar surface area (TPSA) is 77.8 Å². The molecule has 6 nitrogen and oxygen atoms in total. The van der Waals surface area contributed by atoms with Crippen LogP contribution in [0.2, 0.25) is 0 Å². The molecule has 2 heterocycles. The Hall–Kier alpha value is -3.28. The summed E-state index contributed by atoms with van der Waals surface area (Å²) in [6, 6.07) is 11.7. The molecule has 3 aromatic rings. The second kappa shape index (κ2) is 7.03. The molecule has 0 saturated heterocycles. The fraction of sp³-hybridized carbons (Fsp3) is 0.273. The lowest BCUT2D eigenvalue weighted by Gasteiger charge is -2.16. The van der Waals surface area contributed by atoms with Gasteiger partial charge >= 0.3 is 0 Å². The fourth-order valence-electron chi connectivity index (χ4n) is 3.35. The Bertz CT molecular complexity index is 1120. The fourth-order valence-corrected chi connectivity index (χ4v) is 3.35. The maximum absolute atomic E-state index is 13.0. The van der Waals surface area contributed by atoms with Crippen LogP contribution in [0.3, 0.4) is 0 Å². The van der Waals surface area contributed by atoms with E-state index in [4.69, 9.17) is 13.9 Å². The van der Waals surface area contributed by atoms with E-state index in [1.807, 2.05) is 6.07 Å². The zero-order valence-electron chi connectivity index (χ0n) is 15.9. The van der Waals surface area contributed by atoms with Crippen molar-refractivity contribution in [2.75, 3.05) is 13.7 Å². The van der Waals surface area contributed by atoms with Crippen LogP contribution in [0.4, 0.5) is 0 Å². The van der Waals surface area contributed by atoms with Crippen LogP contribution in [-0.2, 0) is 0 Å². The maximum Gasteiger partial charge on any atom is 0.288 e. The van der Waals surface area contributed by atoms with Crippen LogP contribution in [0.1, 0.15) is 41.6 Å². The van der Waals surface area contributed by atoms with Gasteiger partial charge in [-0.2, -0.15) is 0 Å². The monoisotopic (exact) mass is 379 g/mol. The van der Waals surface area contributed by atoms with Crippen molar-refractivity contribution in [2.24, 2.45) is 5.92 Å². The Labute approximate surface area is 162 Å². The summed E-state index contributed by atoms with van der Waals surface area (Å²) in [4.78, 5) is 25.5. The van der Waals surface area contributed by atoms with Crippen LogP contribution < -0.4 is 20.2 Å². The minimum absolute atomic E-state index is 0.0628. The first kappa shape index (κ1) is 18.1. The number of fused-ring (bicyclic) bond motifs is 2. The summed E-state index contributed by atoms with van der Waals surface area (Å²) in [7, 11) is 1.56. The molecule has 1 unspecified atom stereocenters. The van der Waals surface area contributed by atoms with Gasteiger partial charge in [0, 0.05) is 0 Å². The molecule has 1 aromatic heterocycles. The third-order valence-electron chi connectivity index (χ3n) is 4.70. The number of amides is 1. The van der Waals surface area contributed by atoms with Gasteiger partial charge in [-0.25, -0.2) is 0 Å². The summed E-state index contributed by atoms with van der Waals surface area (Å²) in [6.07, 6.45) is 0. The minimum atomic E-state index is -0.601. The van der Waals surface area contributed by atoms with Gasteiger partial charge in [0.2, 0.25) is 5.76 Å². The number of ether oxygens (including phenoxy) is 2. The van der Waals surface area contributed by atoms with Gasteiger partial charge in [0.25, 0.3) is 5.91 Å². The Morgan fingerprint density at radius 1 is 1.11 bits per heavy atom. The van der Waals surface area contributed by atoms with Gasteiger partial charge in [-0.3, -0.25) is 9.59 Å². The molecule has 0 bridgehead atoms. The molecule has 1 atom stereocenters. The molecular weight excluding hydrogens is 358 g/mol. The number of para-hydroxylation sites is 1. The molecule has 0 fully saturated rings. The van der Waals surface area contributed by atoms with Crippen molar-refractivity contribution in [2.45, 2.75) is 19.9 Å². The molecular formula is C22H21NO5. The molecule has 1 amide bonds. The number of rotatable bonds is 5. The third kappa shape index (κ3) is 3.01. The second-order valence-corrected chi connectivity index (χ2v) is 7.19. The number of hydrogen-bond donors (Lipinski definition) is 1. The predicted molar refractivity (Wildman–Crippen MR) is 105 cm³/mol. The highest BCUT2D eigenvalue weighted by molar-refractivity contribution is 5.98. The highest BCUT2D eigenvalue weighted by Gasteiger charge is 2.36. The predicted octanol–water partition coefficient (Wildman–Crippen LogP) is 3.67. The second-order valence-electron chi connectivity index (χ2n) is 7.19. The van der Waals surface area contributed by atoms with Gasteiger partial charge < -0.3 is 19.2 Å². The average Bonchev–Trinajstić information content (AvgIpc) is 3.03. The zero-order valence-corrected chi connectivity index (χ0v) is 15.9. The summed E-state index contributed by atoms with van der Waals surface area (Å²) in [6.45, 7) is 4.69. The van der Waals surface area contributed by atoms with E-state index in [1.165, 1.54) is 0 Å². The van der Waals surface area contributed by atoms with Gasteiger partial charge in [-0.15, -0.1) is 0 Å². The number of nitrogens with one attached hydrogen (secondary N) is 1. The first-order chi connectivity index (χ1) is 13.5. The van der Waals surface area contributed by atoms with Crippen molar-refractivity contribution < 1.29 is 18.7 Å². The van der Waals surface area contributed by atoms with Crippen molar-refractivity contribution in [1.29, 1.82) is 0 Å². The molecule has 28 heavy (non-hydrogen) atoms. The number of carbonyl (C=O) groups excluding carboxylic acids is 1. The van der Waals surface area contributed by atoms with Crippen LogP contribution in [0.25, 0.3) is 11.0 Å². The molecule has 1 aliphatic rings. The van der Waals surface area contributed by atoms with E-state index >= 15 is 0 Å². The molecule has 2 aromatic carbocycles. The third-order valence-corrected chi connectivity index (χ3v) is 4.70. The van der Waals surface area contributed by atoms with Crippen LogP contribution in [0.15, 0.2) is 51.7 Å². The molecule has 1 N–H and O–H groups in total. The lowest BCUT2D eigenvalue weighted by Crippen LogP contribution is -2.22. The van der Waals surface area contributed by atoms with Crippen molar-refractivity contribution >= 4 is 16.9 Å². The molecule has 4 rings (SSSR count). The zero-order chi connectivity index (χ0) is 19.8. The highest BCUT2D eigenvalue weighted by atomic mass is 16.5. The molecule has 0 saturated carbocycles. The van der Waals surface area contributed by atoms with Gasteiger partial charge in [-0.05, 0) is 35.7 Å². The Kier molecular flexibility index (Phi) is 4.55. The normalized spacial score (nSPS) is 15.6. The molecule has 1 aliphatic heterocycles.